The fourth-order valence-electron chi connectivity index (χ4n) is 1.60. The van der Waals surface area contributed by atoms with Crippen molar-refractivity contribution >= 4 is 29.1 Å². The summed E-state index contributed by atoms with van der Waals surface area (Å²) in [4.78, 5) is 0. The standard InChI is InChI=1S/C12H14N2OS/c1-12(2)6-5-8-7-9(14-11(13)16)3-4-10(8)15-12/h3-7H,1-2H3,(H3,13,14,16). The van der Waals surface area contributed by atoms with Crippen molar-refractivity contribution in [3.05, 3.63) is 29.8 Å². The van der Waals surface area contributed by atoms with Crippen LogP contribution in [-0.4, -0.2) is 10.7 Å². The molecule has 16 heavy (non-hydrogen) atoms. The predicted octanol–water partition coefficient (Wildman–Crippen LogP) is 2.53. The maximum absolute atomic E-state index is 5.80. The normalized spacial score (nSPS) is 16.1. The molecule has 1 aromatic carbocycles. The van der Waals surface area contributed by atoms with Crippen molar-refractivity contribution in [3.63, 3.8) is 0 Å². The monoisotopic (exact) mass is 234 g/mol. The molecule has 0 bridgehead atoms. The molecule has 0 saturated carbocycles. The van der Waals surface area contributed by atoms with Gasteiger partial charge >= 0.3 is 0 Å². The van der Waals surface area contributed by atoms with E-state index in [1.165, 1.54) is 0 Å². The lowest BCUT2D eigenvalue weighted by atomic mass is 10.0. The maximum Gasteiger partial charge on any atom is 0.168 e. The van der Waals surface area contributed by atoms with E-state index < -0.39 is 0 Å². The second-order valence-electron chi connectivity index (χ2n) is 4.28. The van der Waals surface area contributed by atoms with Gasteiger partial charge in [0.25, 0.3) is 0 Å². The third kappa shape index (κ3) is 2.33. The lowest BCUT2D eigenvalue weighted by Gasteiger charge is -2.28. The van der Waals surface area contributed by atoms with Crippen LogP contribution in [0.3, 0.4) is 0 Å². The van der Waals surface area contributed by atoms with Gasteiger partial charge in [0, 0.05) is 11.3 Å². The highest BCUT2D eigenvalue weighted by molar-refractivity contribution is 7.80. The number of hydrogen-bond donors (Lipinski definition) is 2. The molecule has 1 aliphatic heterocycles. The SMILES string of the molecule is CC1(C)C=Cc2cc(NC(N)=S)ccc2O1. The molecule has 1 aliphatic rings. The number of anilines is 1. The highest BCUT2D eigenvalue weighted by atomic mass is 32.1. The van der Waals surface area contributed by atoms with Crippen LogP contribution in [0, 0.1) is 0 Å². The van der Waals surface area contributed by atoms with E-state index in [1.807, 2.05) is 44.2 Å². The van der Waals surface area contributed by atoms with Gasteiger partial charge in [0.1, 0.15) is 11.4 Å². The summed E-state index contributed by atoms with van der Waals surface area (Å²) in [6.07, 6.45) is 4.07. The molecule has 0 radical (unpaired) electrons. The Kier molecular flexibility index (Phi) is 2.59. The number of ether oxygens (including phenoxy) is 1. The van der Waals surface area contributed by atoms with Gasteiger partial charge in [-0.2, -0.15) is 0 Å². The van der Waals surface area contributed by atoms with E-state index in [1.54, 1.807) is 0 Å². The van der Waals surface area contributed by atoms with E-state index in [0.717, 1.165) is 17.0 Å². The first-order chi connectivity index (χ1) is 7.46. The molecule has 2 rings (SSSR count). The summed E-state index contributed by atoms with van der Waals surface area (Å²) in [5.41, 5.74) is 7.07. The molecule has 0 unspecified atom stereocenters. The van der Waals surface area contributed by atoms with E-state index in [2.05, 4.69) is 5.32 Å². The first kappa shape index (κ1) is 11.0. The Labute approximate surface area is 100 Å². The molecule has 0 aliphatic carbocycles. The van der Waals surface area contributed by atoms with Crippen LogP contribution >= 0.6 is 12.2 Å². The van der Waals surface area contributed by atoms with Crippen LogP contribution in [0.5, 0.6) is 5.75 Å². The summed E-state index contributed by atoms with van der Waals surface area (Å²) >= 11 is 4.79. The van der Waals surface area contributed by atoms with E-state index in [9.17, 15) is 0 Å². The van der Waals surface area contributed by atoms with Gasteiger partial charge in [-0.15, -0.1) is 0 Å². The highest BCUT2D eigenvalue weighted by Crippen LogP contribution is 2.32. The Hall–Kier alpha value is -1.55. The van der Waals surface area contributed by atoms with Crippen LogP contribution in [0.4, 0.5) is 5.69 Å². The number of fused-ring (bicyclic) bond motifs is 1. The molecule has 84 valence electrons. The van der Waals surface area contributed by atoms with E-state index in [4.69, 9.17) is 22.7 Å². The van der Waals surface area contributed by atoms with Gasteiger partial charge in [-0.3, -0.25) is 0 Å². The van der Waals surface area contributed by atoms with Crippen LogP contribution in [0.15, 0.2) is 24.3 Å². The Bertz CT molecular complexity index is 466. The lowest BCUT2D eigenvalue weighted by molar-refractivity contribution is 0.159. The summed E-state index contributed by atoms with van der Waals surface area (Å²) < 4.78 is 5.80. The summed E-state index contributed by atoms with van der Waals surface area (Å²) in [6.45, 7) is 4.04. The molecule has 0 aromatic heterocycles. The molecule has 0 fully saturated rings. The zero-order valence-electron chi connectivity index (χ0n) is 9.28. The molecular weight excluding hydrogens is 220 g/mol. The number of nitrogens with one attached hydrogen (secondary N) is 1. The van der Waals surface area contributed by atoms with Gasteiger partial charge in [0.15, 0.2) is 5.11 Å². The quantitative estimate of drug-likeness (QED) is 0.733. The smallest absolute Gasteiger partial charge is 0.168 e. The number of nitrogens with two attached hydrogens (primary N) is 1. The van der Waals surface area contributed by atoms with Gasteiger partial charge in [-0.25, -0.2) is 0 Å². The van der Waals surface area contributed by atoms with Crippen molar-refractivity contribution in [1.82, 2.24) is 0 Å². The largest absolute Gasteiger partial charge is 0.483 e. The Morgan fingerprint density at radius 2 is 2.19 bits per heavy atom. The average Bonchev–Trinajstić information content (AvgIpc) is 2.16. The molecule has 1 aromatic rings. The maximum atomic E-state index is 5.80. The van der Waals surface area contributed by atoms with Crippen molar-refractivity contribution in [2.24, 2.45) is 5.73 Å². The lowest BCUT2D eigenvalue weighted by Crippen LogP contribution is -2.27. The van der Waals surface area contributed by atoms with Crippen molar-refractivity contribution in [2.75, 3.05) is 5.32 Å². The minimum absolute atomic E-state index is 0.245. The summed E-state index contributed by atoms with van der Waals surface area (Å²) in [5.74, 6) is 0.876. The number of thiocarbonyl (C=S) groups is 1. The molecule has 3 nitrogen and oxygen atoms in total. The third-order valence-electron chi connectivity index (χ3n) is 2.31. The fraction of sp³-hybridized carbons (Fsp3) is 0.250. The highest BCUT2D eigenvalue weighted by Gasteiger charge is 2.21. The summed E-state index contributed by atoms with van der Waals surface area (Å²) in [7, 11) is 0. The molecule has 0 spiro atoms. The molecular formula is C12H14N2OS. The second-order valence-corrected chi connectivity index (χ2v) is 4.72. The van der Waals surface area contributed by atoms with Gasteiger partial charge in [-0.05, 0) is 50.3 Å². The Balaban J connectivity index is 2.31. The van der Waals surface area contributed by atoms with E-state index in [-0.39, 0.29) is 10.7 Å². The van der Waals surface area contributed by atoms with Gasteiger partial charge < -0.3 is 15.8 Å². The predicted molar refractivity (Wildman–Crippen MR) is 70.6 cm³/mol. The molecule has 1 heterocycles. The number of hydrogen-bond acceptors (Lipinski definition) is 2. The summed E-state index contributed by atoms with van der Waals surface area (Å²) in [5, 5.41) is 3.16. The van der Waals surface area contributed by atoms with Crippen molar-refractivity contribution in [1.29, 1.82) is 0 Å². The van der Waals surface area contributed by atoms with Crippen molar-refractivity contribution < 1.29 is 4.74 Å². The second kappa shape index (κ2) is 3.79. The van der Waals surface area contributed by atoms with Crippen LogP contribution in [0.2, 0.25) is 0 Å². The van der Waals surface area contributed by atoms with E-state index >= 15 is 0 Å². The van der Waals surface area contributed by atoms with Crippen molar-refractivity contribution in [2.45, 2.75) is 19.4 Å². The van der Waals surface area contributed by atoms with E-state index in [0.29, 0.717) is 0 Å². The van der Waals surface area contributed by atoms with Crippen molar-refractivity contribution in [3.8, 4) is 5.75 Å². The molecule has 4 heteroatoms. The minimum Gasteiger partial charge on any atom is -0.483 e. The Morgan fingerprint density at radius 1 is 1.44 bits per heavy atom. The van der Waals surface area contributed by atoms with Crippen LogP contribution in [-0.2, 0) is 0 Å². The van der Waals surface area contributed by atoms with Gasteiger partial charge in [0.2, 0.25) is 0 Å². The van der Waals surface area contributed by atoms with Gasteiger partial charge in [-0.1, -0.05) is 6.08 Å². The van der Waals surface area contributed by atoms with Crippen LogP contribution in [0.25, 0.3) is 6.08 Å². The molecule has 0 atom stereocenters. The van der Waals surface area contributed by atoms with Gasteiger partial charge in [0.05, 0.1) is 0 Å². The van der Waals surface area contributed by atoms with Crippen LogP contribution < -0.4 is 15.8 Å². The molecule has 3 N–H and O–H groups in total. The molecule has 0 amide bonds. The number of benzene rings is 1. The molecule has 0 saturated heterocycles. The fourth-order valence-corrected chi connectivity index (χ4v) is 1.72. The minimum atomic E-state index is -0.245. The summed E-state index contributed by atoms with van der Waals surface area (Å²) in [6, 6.07) is 5.77. The topological polar surface area (TPSA) is 47.3 Å². The third-order valence-corrected chi connectivity index (χ3v) is 2.42. The first-order valence-electron chi connectivity index (χ1n) is 5.05. The Morgan fingerprint density at radius 3 is 2.88 bits per heavy atom. The zero-order valence-corrected chi connectivity index (χ0v) is 10.1. The van der Waals surface area contributed by atoms with Crippen LogP contribution in [0.1, 0.15) is 19.4 Å². The average molecular weight is 234 g/mol. The zero-order chi connectivity index (χ0) is 11.8. The number of rotatable bonds is 1. The first-order valence-corrected chi connectivity index (χ1v) is 5.46.